The van der Waals surface area contributed by atoms with Crippen LogP contribution in [0.15, 0.2) is 24.3 Å². The van der Waals surface area contributed by atoms with E-state index in [0.29, 0.717) is 0 Å². The summed E-state index contributed by atoms with van der Waals surface area (Å²) in [5.74, 6) is -0.273. The second-order valence-electron chi connectivity index (χ2n) is 3.98. The van der Waals surface area contributed by atoms with Crippen LogP contribution < -0.4 is 11.1 Å². The molecule has 1 aromatic carbocycles. The second kappa shape index (κ2) is 5.63. The van der Waals surface area contributed by atoms with Gasteiger partial charge in [0.05, 0.1) is 6.10 Å². The molecule has 4 N–H and O–H groups in total. The van der Waals surface area contributed by atoms with Gasteiger partial charge in [-0.2, -0.15) is 0 Å². The van der Waals surface area contributed by atoms with Crippen LogP contribution in [0.5, 0.6) is 0 Å². The number of aryl methyl sites for hydroxylation is 1. The molecule has 0 aliphatic carbocycles. The molecule has 0 aromatic heterocycles. The number of nitrogens with one attached hydrogen (secondary N) is 1. The predicted molar refractivity (Wildman–Crippen MR) is 62.8 cm³/mol. The zero-order chi connectivity index (χ0) is 12.1. The molecule has 0 heterocycles. The van der Waals surface area contributed by atoms with Crippen LogP contribution in [0.3, 0.4) is 0 Å². The van der Waals surface area contributed by atoms with Crippen LogP contribution in [0.1, 0.15) is 24.1 Å². The molecule has 1 rings (SSSR count). The van der Waals surface area contributed by atoms with Gasteiger partial charge in [-0.1, -0.05) is 29.8 Å². The van der Waals surface area contributed by atoms with Gasteiger partial charge in [-0.25, -0.2) is 0 Å². The van der Waals surface area contributed by atoms with E-state index in [0.717, 1.165) is 11.1 Å². The fraction of sp³-hybridized carbons (Fsp3) is 0.417. The van der Waals surface area contributed by atoms with E-state index in [1.54, 1.807) is 6.92 Å². The maximum Gasteiger partial charge on any atom is 0.241 e. The van der Waals surface area contributed by atoms with Crippen LogP contribution in [0, 0.1) is 6.92 Å². The molecule has 4 nitrogen and oxygen atoms in total. The number of aliphatic hydroxyl groups excluding tert-OH is 1. The SMILES string of the molecule is Cc1ccc(C(N)C(=O)NC[C@H](C)O)cc1. The molecule has 0 bridgehead atoms. The predicted octanol–water partition coefficient (Wildman–Crippen LogP) is 0.492. The van der Waals surface area contributed by atoms with Gasteiger partial charge in [0.2, 0.25) is 5.91 Å². The van der Waals surface area contributed by atoms with Gasteiger partial charge in [-0.05, 0) is 19.4 Å². The molecule has 1 amide bonds. The van der Waals surface area contributed by atoms with Gasteiger partial charge in [-0.15, -0.1) is 0 Å². The van der Waals surface area contributed by atoms with Crippen molar-refractivity contribution in [1.29, 1.82) is 0 Å². The van der Waals surface area contributed by atoms with Gasteiger partial charge >= 0.3 is 0 Å². The van der Waals surface area contributed by atoms with Crippen molar-refractivity contribution in [2.75, 3.05) is 6.54 Å². The molecule has 0 radical (unpaired) electrons. The minimum atomic E-state index is -0.681. The van der Waals surface area contributed by atoms with Crippen molar-refractivity contribution in [2.45, 2.75) is 26.0 Å². The smallest absolute Gasteiger partial charge is 0.241 e. The molecule has 0 spiro atoms. The fourth-order valence-electron chi connectivity index (χ4n) is 1.28. The Morgan fingerprint density at radius 2 is 2.00 bits per heavy atom. The summed E-state index contributed by atoms with van der Waals surface area (Å²) in [5, 5.41) is 11.6. The molecule has 1 unspecified atom stereocenters. The number of carbonyl (C=O) groups excluding carboxylic acids is 1. The lowest BCUT2D eigenvalue weighted by molar-refractivity contribution is -0.122. The molecule has 1 aromatic rings. The topological polar surface area (TPSA) is 75.4 Å². The molecule has 2 atom stereocenters. The Morgan fingerprint density at radius 1 is 1.44 bits per heavy atom. The first-order chi connectivity index (χ1) is 7.50. The summed E-state index contributed by atoms with van der Waals surface area (Å²) in [6, 6.07) is 6.82. The van der Waals surface area contributed by atoms with Crippen LogP contribution in [-0.2, 0) is 4.79 Å². The first-order valence-corrected chi connectivity index (χ1v) is 5.28. The molecule has 0 aliphatic rings. The maximum atomic E-state index is 11.6. The summed E-state index contributed by atoms with van der Waals surface area (Å²) in [5.41, 5.74) is 7.68. The van der Waals surface area contributed by atoms with Crippen molar-refractivity contribution in [2.24, 2.45) is 5.73 Å². The molecule has 0 saturated heterocycles. The number of benzene rings is 1. The lowest BCUT2D eigenvalue weighted by Gasteiger charge is -2.13. The van der Waals surface area contributed by atoms with Crippen molar-refractivity contribution in [3.05, 3.63) is 35.4 Å². The van der Waals surface area contributed by atoms with E-state index in [1.165, 1.54) is 0 Å². The minimum Gasteiger partial charge on any atom is -0.392 e. The van der Waals surface area contributed by atoms with Crippen molar-refractivity contribution < 1.29 is 9.90 Å². The monoisotopic (exact) mass is 222 g/mol. The number of hydrogen-bond acceptors (Lipinski definition) is 3. The number of carbonyl (C=O) groups is 1. The highest BCUT2D eigenvalue weighted by Crippen LogP contribution is 2.11. The minimum absolute atomic E-state index is 0.221. The van der Waals surface area contributed by atoms with E-state index in [-0.39, 0.29) is 12.5 Å². The average molecular weight is 222 g/mol. The number of nitrogens with two attached hydrogens (primary N) is 1. The average Bonchev–Trinajstić information content (AvgIpc) is 2.26. The van der Waals surface area contributed by atoms with E-state index < -0.39 is 12.1 Å². The Morgan fingerprint density at radius 3 is 2.50 bits per heavy atom. The van der Waals surface area contributed by atoms with Crippen LogP contribution in [0.2, 0.25) is 0 Å². The van der Waals surface area contributed by atoms with Gasteiger partial charge in [0.1, 0.15) is 6.04 Å². The van der Waals surface area contributed by atoms with Crippen molar-refractivity contribution in [1.82, 2.24) is 5.32 Å². The third-order valence-corrected chi connectivity index (χ3v) is 2.29. The Bertz CT molecular complexity index is 347. The summed E-state index contributed by atoms with van der Waals surface area (Å²) < 4.78 is 0. The quantitative estimate of drug-likeness (QED) is 0.694. The van der Waals surface area contributed by atoms with Crippen LogP contribution >= 0.6 is 0 Å². The van der Waals surface area contributed by atoms with Gasteiger partial charge in [0.15, 0.2) is 0 Å². The van der Waals surface area contributed by atoms with E-state index in [4.69, 9.17) is 10.8 Å². The summed E-state index contributed by atoms with van der Waals surface area (Å²) in [7, 11) is 0. The molecule has 16 heavy (non-hydrogen) atoms. The molecule has 0 aliphatic heterocycles. The first-order valence-electron chi connectivity index (χ1n) is 5.28. The van der Waals surface area contributed by atoms with Gasteiger partial charge in [-0.3, -0.25) is 4.79 Å². The number of hydrogen-bond donors (Lipinski definition) is 3. The third-order valence-electron chi connectivity index (χ3n) is 2.29. The number of aliphatic hydroxyl groups is 1. The molecule has 88 valence electrons. The fourth-order valence-corrected chi connectivity index (χ4v) is 1.28. The number of rotatable bonds is 4. The van der Waals surface area contributed by atoms with Gasteiger partial charge < -0.3 is 16.2 Å². The summed E-state index contributed by atoms with van der Waals surface area (Å²) in [6.07, 6.45) is -0.561. The van der Waals surface area contributed by atoms with E-state index >= 15 is 0 Å². The summed E-state index contributed by atoms with van der Waals surface area (Å²) in [4.78, 5) is 11.6. The second-order valence-corrected chi connectivity index (χ2v) is 3.98. The third kappa shape index (κ3) is 3.64. The molecule has 0 fully saturated rings. The van der Waals surface area contributed by atoms with Crippen LogP contribution in [0.25, 0.3) is 0 Å². The Kier molecular flexibility index (Phi) is 4.46. The highest BCUT2D eigenvalue weighted by atomic mass is 16.3. The van der Waals surface area contributed by atoms with Crippen molar-refractivity contribution >= 4 is 5.91 Å². The zero-order valence-electron chi connectivity index (χ0n) is 9.60. The van der Waals surface area contributed by atoms with Crippen molar-refractivity contribution in [3.63, 3.8) is 0 Å². The lowest BCUT2D eigenvalue weighted by atomic mass is 10.1. The summed E-state index contributed by atoms with van der Waals surface area (Å²) >= 11 is 0. The zero-order valence-corrected chi connectivity index (χ0v) is 9.60. The van der Waals surface area contributed by atoms with Gasteiger partial charge in [0, 0.05) is 6.54 Å². The van der Waals surface area contributed by atoms with E-state index in [1.807, 2.05) is 31.2 Å². The van der Waals surface area contributed by atoms with Crippen LogP contribution in [-0.4, -0.2) is 23.7 Å². The van der Waals surface area contributed by atoms with Crippen LogP contribution in [0.4, 0.5) is 0 Å². The Labute approximate surface area is 95.5 Å². The van der Waals surface area contributed by atoms with E-state index in [2.05, 4.69) is 5.32 Å². The standard InChI is InChI=1S/C12H18N2O2/c1-8-3-5-10(6-4-8)11(13)12(16)14-7-9(2)15/h3-6,9,11,15H,7,13H2,1-2H3,(H,14,16)/t9-,11?/m0/s1. The van der Waals surface area contributed by atoms with E-state index in [9.17, 15) is 4.79 Å². The van der Waals surface area contributed by atoms with Crippen molar-refractivity contribution in [3.8, 4) is 0 Å². The number of amides is 1. The Hall–Kier alpha value is -1.39. The highest BCUT2D eigenvalue weighted by molar-refractivity contribution is 5.82. The summed E-state index contributed by atoms with van der Waals surface area (Å²) in [6.45, 7) is 3.80. The highest BCUT2D eigenvalue weighted by Gasteiger charge is 2.15. The molecular weight excluding hydrogens is 204 g/mol. The molecule has 0 saturated carbocycles. The normalized spacial score (nSPS) is 14.2. The lowest BCUT2D eigenvalue weighted by Crippen LogP contribution is -2.37. The molecule has 4 heteroatoms. The maximum absolute atomic E-state index is 11.6. The largest absolute Gasteiger partial charge is 0.392 e. The Balaban J connectivity index is 2.59. The first kappa shape index (κ1) is 12.7. The van der Waals surface area contributed by atoms with Gasteiger partial charge in [0.25, 0.3) is 0 Å². The molecular formula is C12H18N2O2.